The van der Waals surface area contributed by atoms with Crippen molar-refractivity contribution >= 4 is 34.8 Å². The minimum atomic E-state index is -0.389. The molecule has 30 heavy (non-hydrogen) atoms. The lowest BCUT2D eigenvalue weighted by Crippen LogP contribution is -2.15. The van der Waals surface area contributed by atoms with Gasteiger partial charge in [0.2, 0.25) is 5.82 Å². The second-order valence-electron chi connectivity index (χ2n) is 6.86. The molecule has 1 heterocycles. The fraction of sp³-hybridized carbons (Fsp3) is 0.0870. The molecule has 0 saturated heterocycles. The molecule has 0 atom stereocenters. The number of nitrogens with zero attached hydrogens (tertiary/aromatic N) is 3. The van der Waals surface area contributed by atoms with Crippen LogP contribution >= 0.6 is 23.2 Å². The third-order valence-electron chi connectivity index (χ3n) is 4.82. The number of aromatic nitrogens is 3. The van der Waals surface area contributed by atoms with Crippen molar-refractivity contribution in [3.63, 3.8) is 0 Å². The number of hydrogen-bond donors (Lipinski definition) is 1. The number of amides is 1. The van der Waals surface area contributed by atoms with E-state index >= 15 is 0 Å². The number of benzene rings is 3. The lowest BCUT2D eigenvalue weighted by molar-refractivity contribution is 0.101. The monoisotopic (exact) mass is 436 g/mol. The highest BCUT2D eigenvalue weighted by Gasteiger charge is 2.20. The average molecular weight is 437 g/mol. The highest BCUT2D eigenvalue weighted by molar-refractivity contribution is 6.31. The summed E-state index contributed by atoms with van der Waals surface area (Å²) in [5.41, 5.74) is 4.29. The van der Waals surface area contributed by atoms with Crippen LogP contribution < -0.4 is 5.32 Å². The molecule has 5 nitrogen and oxygen atoms in total. The van der Waals surface area contributed by atoms with Gasteiger partial charge < -0.3 is 5.32 Å². The number of carbonyl (C=O) groups excluding carboxylic acids is 1. The summed E-state index contributed by atoms with van der Waals surface area (Å²) in [6.45, 7) is 3.96. The second kappa shape index (κ2) is 8.30. The predicted molar refractivity (Wildman–Crippen MR) is 121 cm³/mol. The first-order chi connectivity index (χ1) is 14.4. The third kappa shape index (κ3) is 4.08. The van der Waals surface area contributed by atoms with Gasteiger partial charge in [-0.1, -0.05) is 47.5 Å². The van der Waals surface area contributed by atoms with Crippen molar-refractivity contribution in [2.24, 2.45) is 0 Å². The zero-order valence-electron chi connectivity index (χ0n) is 16.4. The number of carbonyl (C=O) groups is 1. The fourth-order valence-corrected chi connectivity index (χ4v) is 3.37. The fourth-order valence-electron chi connectivity index (χ4n) is 3.05. The normalized spacial score (nSPS) is 10.8. The van der Waals surface area contributed by atoms with Crippen LogP contribution in [0.2, 0.25) is 10.0 Å². The molecule has 0 bridgehead atoms. The van der Waals surface area contributed by atoms with Crippen LogP contribution in [0.5, 0.6) is 0 Å². The minimum absolute atomic E-state index is 0.0563. The highest BCUT2D eigenvalue weighted by atomic mass is 35.5. The molecule has 150 valence electrons. The highest BCUT2D eigenvalue weighted by Crippen LogP contribution is 2.25. The van der Waals surface area contributed by atoms with Gasteiger partial charge in [-0.3, -0.25) is 4.79 Å². The van der Waals surface area contributed by atoms with Gasteiger partial charge in [-0.15, -0.1) is 5.10 Å². The quantitative estimate of drug-likeness (QED) is 0.419. The van der Waals surface area contributed by atoms with Crippen molar-refractivity contribution in [2.45, 2.75) is 13.8 Å². The Morgan fingerprint density at radius 3 is 2.40 bits per heavy atom. The summed E-state index contributed by atoms with van der Waals surface area (Å²) in [5, 5.41) is 8.56. The van der Waals surface area contributed by atoms with E-state index in [2.05, 4.69) is 15.4 Å². The second-order valence-corrected chi connectivity index (χ2v) is 7.73. The maximum absolute atomic E-state index is 12.9. The first kappa shape index (κ1) is 20.1. The third-order valence-corrected chi connectivity index (χ3v) is 5.30. The van der Waals surface area contributed by atoms with Gasteiger partial charge >= 0.3 is 0 Å². The molecule has 1 amide bonds. The molecule has 0 saturated carbocycles. The Morgan fingerprint density at radius 1 is 0.933 bits per heavy atom. The lowest BCUT2D eigenvalue weighted by Gasteiger charge is -2.08. The molecule has 0 unspecified atom stereocenters. The van der Waals surface area contributed by atoms with E-state index in [0.717, 1.165) is 28.1 Å². The number of hydrogen-bond acceptors (Lipinski definition) is 3. The van der Waals surface area contributed by atoms with Crippen LogP contribution in [0.4, 0.5) is 5.69 Å². The zero-order chi connectivity index (χ0) is 21.3. The SMILES string of the molecule is Cc1cccc(NC(=O)c2nc(-c3cccc(Cl)c3)n(-c3ccc(Cl)cc3)n2)c1C. The van der Waals surface area contributed by atoms with E-state index in [9.17, 15) is 4.79 Å². The molecule has 7 heteroatoms. The summed E-state index contributed by atoms with van der Waals surface area (Å²) in [6, 6.07) is 20.2. The van der Waals surface area contributed by atoms with Crippen LogP contribution in [0.3, 0.4) is 0 Å². The lowest BCUT2D eigenvalue weighted by atomic mass is 10.1. The Hall–Kier alpha value is -3.15. The Kier molecular flexibility index (Phi) is 5.57. The van der Waals surface area contributed by atoms with Crippen LogP contribution in [0.25, 0.3) is 17.1 Å². The van der Waals surface area contributed by atoms with Crippen molar-refractivity contribution in [1.29, 1.82) is 0 Å². The number of aryl methyl sites for hydroxylation is 1. The molecule has 0 fully saturated rings. The predicted octanol–water partition coefficient (Wildman–Crippen LogP) is 6.11. The Morgan fingerprint density at radius 2 is 1.67 bits per heavy atom. The van der Waals surface area contributed by atoms with Crippen molar-refractivity contribution in [3.8, 4) is 17.1 Å². The van der Waals surface area contributed by atoms with E-state index in [4.69, 9.17) is 23.2 Å². The topological polar surface area (TPSA) is 59.8 Å². The van der Waals surface area contributed by atoms with Gasteiger partial charge in [0.15, 0.2) is 5.82 Å². The van der Waals surface area contributed by atoms with Gasteiger partial charge in [-0.2, -0.15) is 0 Å². The van der Waals surface area contributed by atoms with Gasteiger partial charge in [0, 0.05) is 21.3 Å². The van der Waals surface area contributed by atoms with Gasteiger partial charge in [0.1, 0.15) is 0 Å². The molecular weight excluding hydrogens is 419 g/mol. The van der Waals surface area contributed by atoms with E-state index in [1.807, 2.05) is 56.3 Å². The average Bonchev–Trinajstić information content (AvgIpc) is 3.18. The number of nitrogens with one attached hydrogen (secondary N) is 1. The van der Waals surface area contributed by atoms with Gasteiger partial charge in [0.05, 0.1) is 5.69 Å². The summed E-state index contributed by atoms with van der Waals surface area (Å²) in [7, 11) is 0. The largest absolute Gasteiger partial charge is 0.319 e. The van der Waals surface area contributed by atoms with Gasteiger partial charge in [-0.05, 0) is 67.4 Å². The van der Waals surface area contributed by atoms with E-state index in [-0.39, 0.29) is 11.7 Å². The molecule has 4 aromatic rings. The summed E-state index contributed by atoms with van der Waals surface area (Å²) in [4.78, 5) is 17.4. The van der Waals surface area contributed by atoms with Crippen molar-refractivity contribution in [2.75, 3.05) is 5.32 Å². The van der Waals surface area contributed by atoms with Crippen LogP contribution in [0.15, 0.2) is 66.7 Å². The standard InChI is InChI=1S/C23H18Cl2N4O/c1-14-5-3-8-20(15(14)2)26-23(30)21-27-22(16-6-4-7-18(25)13-16)29(28-21)19-11-9-17(24)10-12-19/h3-13H,1-2H3,(H,26,30). The Balaban J connectivity index is 1.77. The van der Waals surface area contributed by atoms with Crippen molar-refractivity contribution in [3.05, 3.63) is 93.7 Å². The van der Waals surface area contributed by atoms with E-state index in [1.54, 1.807) is 28.9 Å². The number of anilines is 1. The maximum atomic E-state index is 12.9. The van der Waals surface area contributed by atoms with E-state index in [0.29, 0.717) is 15.9 Å². The van der Waals surface area contributed by atoms with Crippen molar-refractivity contribution in [1.82, 2.24) is 14.8 Å². The molecule has 1 aromatic heterocycles. The first-order valence-electron chi connectivity index (χ1n) is 9.29. The van der Waals surface area contributed by atoms with E-state index < -0.39 is 0 Å². The Bertz CT molecular complexity index is 1230. The molecule has 0 radical (unpaired) electrons. The van der Waals surface area contributed by atoms with E-state index in [1.165, 1.54) is 0 Å². The smallest absolute Gasteiger partial charge is 0.295 e. The molecule has 4 rings (SSSR count). The van der Waals surface area contributed by atoms with Crippen LogP contribution in [-0.2, 0) is 0 Å². The molecule has 0 aliphatic heterocycles. The van der Waals surface area contributed by atoms with Crippen LogP contribution in [0.1, 0.15) is 21.7 Å². The van der Waals surface area contributed by atoms with Gasteiger partial charge in [-0.25, -0.2) is 9.67 Å². The molecule has 3 aromatic carbocycles. The molecule has 1 N–H and O–H groups in total. The first-order valence-corrected chi connectivity index (χ1v) is 10.0. The molecule has 0 spiro atoms. The van der Waals surface area contributed by atoms with Crippen LogP contribution in [-0.4, -0.2) is 20.7 Å². The molecular formula is C23H18Cl2N4O. The van der Waals surface area contributed by atoms with Crippen molar-refractivity contribution < 1.29 is 4.79 Å². The number of rotatable bonds is 4. The Labute approximate surface area is 184 Å². The maximum Gasteiger partial charge on any atom is 0.295 e. The minimum Gasteiger partial charge on any atom is -0.319 e. The molecule has 0 aliphatic rings. The van der Waals surface area contributed by atoms with Crippen LogP contribution in [0, 0.1) is 13.8 Å². The summed E-state index contributed by atoms with van der Waals surface area (Å²) < 4.78 is 1.61. The summed E-state index contributed by atoms with van der Waals surface area (Å²) in [5.74, 6) is 0.173. The molecule has 0 aliphatic carbocycles. The summed E-state index contributed by atoms with van der Waals surface area (Å²) >= 11 is 12.2. The summed E-state index contributed by atoms with van der Waals surface area (Å²) in [6.07, 6.45) is 0. The number of halogens is 2. The van der Waals surface area contributed by atoms with Gasteiger partial charge in [0.25, 0.3) is 5.91 Å². The zero-order valence-corrected chi connectivity index (χ0v) is 17.9.